The van der Waals surface area contributed by atoms with Crippen molar-refractivity contribution in [3.63, 3.8) is 0 Å². The van der Waals surface area contributed by atoms with Gasteiger partial charge in [0.15, 0.2) is 0 Å². The van der Waals surface area contributed by atoms with Crippen LogP contribution in [0.2, 0.25) is 0 Å². The zero-order valence-electron chi connectivity index (χ0n) is 10.7. The lowest BCUT2D eigenvalue weighted by atomic mass is 9.79. The molecule has 106 valence electrons. The molecular weight excluding hydrogens is 242 g/mol. The third kappa shape index (κ3) is 4.17. The molecule has 1 rings (SSSR count). The lowest BCUT2D eigenvalue weighted by molar-refractivity contribution is -0.139. The molecule has 1 saturated carbocycles. The van der Waals surface area contributed by atoms with E-state index < -0.39 is 13.0 Å². The fourth-order valence-electron chi connectivity index (χ4n) is 2.42. The van der Waals surface area contributed by atoms with Crippen LogP contribution in [0, 0.1) is 11.8 Å². The fraction of sp³-hybridized carbons (Fsp3) is 0.917. The van der Waals surface area contributed by atoms with Gasteiger partial charge in [-0.05, 0) is 25.2 Å². The summed E-state index contributed by atoms with van der Waals surface area (Å²) in [6.45, 7) is 1.09. The Kier molecular flexibility index (Phi) is 5.95. The minimum absolute atomic E-state index is 0.0372. The van der Waals surface area contributed by atoms with Crippen LogP contribution >= 0.6 is 0 Å². The first-order valence-electron chi connectivity index (χ1n) is 6.39. The van der Waals surface area contributed by atoms with Crippen LogP contribution in [0.3, 0.4) is 0 Å². The highest BCUT2D eigenvalue weighted by atomic mass is 19.3. The second-order valence-corrected chi connectivity index (χ2v) is 5.05. The first kappa shape index (κ1) is 15.3. The Morgan fingerprint density at radius 3 is 2.67 bits per heavy atom. The van der Waals surface area contributed by atoms with E-state index in [4.69, 9.17) is 10.8 Å². The van der Waals surface area contributed by atoms with Crippen LogP contribution < -0.4 is 5.73 Å². The van der Waals surface area contributed by atoms with Crippen LogP contribution in [0.25, 0.3) is 0 Å². The van der Waals surface area contributed by atoms with Crippen molar-refractivity contribution >= 4 is 5.91 Å². The molecule has 3 N–H and O–H groups in total. The Labute approximate surface area is 106 Å². The van der Waals surface area contributed by atoms with E-state index >= 15 is 0 Å². The van der Waals surface area contributed by atoms with E-state index in [1.54, 1.807) is 0 Å². The Morgan fingerprint density at radius 2 is 2.17 bits per heavy atom. The SMILES string of the molecule is CC1CCC(C(=O)N(CCO)CC(F)F)CC1N. The summed E-state index contributed by atoms with van der Waals surface area (Å²) in [6.07, 6.45) is -0.486. The predicted octanol–water partition coefficient (Wildman–Crippen LogP) is 0.836. The van der Waals surface area contributed by atoms with Crippen molar-refractivity contribution in [2.24, 2.45) is 17.6 Å². The molecule has 0 radical (unpaired) electrons. The van der Waals surface area contributed by atoms with Gasteiger partial charge in [-0.2, -0.15) is 0 Å². The summed E-state index contributed by atoms with van der Waals surface area (Å²) in [4.78, 5) is 13.2. The average Bonchev–Trinajstić information content (AvgIpc) is 2.31. The number of rotatable bonds is 5. The van der Waals surface area contributed by atoms with Gasteiger partial charge in [0.1, 0.15) is 0 Å². The molecular formula is C12H22F2N2O2. The lowest BCUT2D eigenvalue weighted by Gasteiger charge is -2.34. The molecule has 0 aromatic heterocycles. The van der Waals surface area contributed by atoms with E-state index in [0.29, 0.717) is 18.8 Å². The van der Waals surface area contributed by atoms with E-state index in [9.17, 15) is 13.6 Å². The molecule has 0 aliphatic heterocycles. The number of aliphatic hydroxyl groups excluding tert-OH is 1. The normalized spacial score (nSPS) is 28.4. The minimum Gasteiger partial charge on any atom is -0.395 e. The second-order valence-electron chi connectivity index (χ2n) is 5.05. The van der Waals surface area contributed by atoms with E-state index in [-0.39, 0.29) is 31.0 Å². The molecule has 1 aliphatic carbocycles. The molecule has 0 aromatic rings. The van der Waals surface area contributed by atoms with Gasteiger partial charge in [-0.15, -0.1) is 0 Å². The van der Waals surface area contributed by atoms with Gasteiger partial charge in [0.05, 0.1) is 13.2 Å². The van der Waals surface area contributed by atoms with Crippen molar-refractivity contribution in [3.05, 3.63) is 0 Å². The van der Waals surface area contributed by atoms with Crippen LogP contribution in [-0.2, 0) is 4.79 Å². The van der Waals surface area contributed by atoms with E-state index in [1.807, 2.05) is 6.92 Å². The topological polar surface area (TPSA) is 66.6 Å². The van der Waals surface area contributed by atoms with Gasteiger partial charge in [0.2, 0.25) is 5.91 Å². The van der Waals surface area contributed by atoms with Gasteiger partial charge in [-0.25, -0.2) is 8.78 Å². The Morgan fingerprint density at radius 1 is 1.50 bits per heavy atom. The first-order chi connectivity index (χ1) is 8.45. The smallest absolute Gasteiger partial charge is 0.255 e. The number of amides is 1. The molecule has 3 atom stereocenters. The van der Waals surface area contributed by atoms with Crippen molar-refractivity contribution < 1.29 is 18.7 Å². The fourth-order valence-corrected chi connectivity index (χ4v) is 2.42. The summed E-state index contributed by atoms with van der Waals surface area (Å²) >= 11 is 0. The van der Waals surface area contributed by atoms with Crippen LogP contribution in [-0.4, -0.2) is 48.1 Å². The van der Waals surface area contributed by atoms with Crippen molar-refractivity contribution in [2.75, 3.05) is 19.7 Å². The molecule has 6 heteroatoms. The highest BCUT2D eigenvalue weighted by Gasteiger charge is 2.32. The number of carbonyl (C=O) groups is 1. The number of alkyl halides is 2. The van der Waals surface area contributed by atoms with Gasteiger partial charge < -0.3 is 15.7 Å². The predicted molar refractivity (Wildman–Crippen MR) is 64.2 cm³/mol. The lowest BCUT2D eigenvalue weighted by Crippen LogP contribution is -2.45. The highest BCUT2D eigenvalue weighted by molar-refractivity contribution is 5.79. The number of aliphatic hydroxyl groups is 1. The number of carbonyl (C=O) groups excluding carboxylic acids is 1. The molecule has 4 nitrogen and oxygen atoms in total. The summed E-state index contributed by atoms with van der Waals surface area (Å²) in [6, 6.07) is -0.0461. The molecule has 0 saturated heterocycles. The minimum atomic E-state index is -2.57. The van der Waals surface area contributed by atoms with Gasteiger partial charge in [-0.1, -0.05) is 6.92 Å². The molecule has 0 spiro atoms. The summed E-state index contributed by atoms with van der Waals surface area (Å²) in [5.41, 5.74) is 5.91. The third-order valence-corrected chi connectivity index (χ3v) is 3.65. The third-order valence-electron chi connectivity index (χ3n) is 3.65. The Hall–Kier alpha value is -0.750. The number of nitrogens with zero attached hydrogens (tertiary/aromatic N) is 1. The average molecular weight is 264 g/mol. The first-order valence-corrected chi connectivity index (χ1v) is 6.39. The summed E-state index contributed by atoms with van der Waals surface area (Å²) in [7, 11) is 0. The standard InChI is InChI=1S/C12H22F2N2O2/c1-8-2-3-9(6-10(8)15)12(18)16(4-5-17)7-11(13)14/h8-11,17H,2-7,15H2,1H3. The maximum Gasteiger partial charge on any atom is 0.255 e. The van der Waals surface area contributed by atoms with Crippen molar-refractivity contribution in [1.82, 2.24) is 4.90 Å². The molecule has 0 aromatic carbocycles. The van der Waals surface area contributed by atoms with Gasteiger partial charge in [-0.3, -0.25) is 4.79 Å². The Bertz CT molecular complexity index is 277. The molecule has 1 fully saturated rings. The quantitative estimate of drug-likeness (QED) is 0.773. The molecule has 3 unspecified atom stereocenters. The number of nitrogens with two attached hydrogens (primary N) is 1. The zero-order valence-corrected chi connectivity index (χ0v) is 10.7. The highest BCUT2D eigenvalue weighted by Crippen LogP contribution is 2.29. The van der Waals surface area contributed by atoms with Crippen molar-refractivity contribution in [1.29, 1.82) is 0 Å². The van der Waals surface area contributed by atoms with Crippen LogP contribution in [0.1, 0.15) is 26.2 Å². The van der Waals surface area contributed by atoms with E-state index in [0.717, 1.165) is 11.3 Å². The zero-order chi connectivity index (χ0) is 13.7. The maximum atomic E-state index is 12.4. The molecule has 1 aliphatic rings. The van der Waals surface area contributed by atoms with Crippen LogP contribution in [0.5, 0.6) is 0 Å². The summed E-state index contributed by atoms with van der Waals surface area (Å²) < 4.78 is 24.7. The van der Waals surface area contributed by atoms with Gasteiger partial charge in [0.25, 0.3) is 6.43 Å². The molecule has 0 bridgehead atoms. The number of hydrogen-bond acceptors (Lipinski definition) is 3. The summed E-state index contributed by atoms with van der Waals surface area (Å²) in [5.74, 6) is -0.205. The van der Waals surface area contributed by atoms with E-state index in [2.05, 4.69) is 0 Å². The van der Waals surface area contributed by atoms with E-state index in [1.165, 1.54) is 0 Å². The number of halogens is 2. The largest absolute Gasteiger partial charge is 0.395 e. The molecule has 0 heterocycles. The summed E-state index contributed by atoms with van der Waals surface area (Å²) in [5, 5.41) is 8.83. The maximum absolute atomic E-state index is 12.4. The van der Waals surface area contributed by atoms with Crippen LogP contribution in [0.15, 0.2) is 0 Å². The van der Waals surface area contributed by atoms with Crippen LogP contribution in [0.4, 0.5) is 8.78 Å². The van der Waals surface area contributed by atoms with Gasteiger partial charge >= 0.3 is 0 Å². The monoisotopic (exact) mass is 264 g/mol. The number of hydrogen-bond donors (Lipinski definition) is 2. The molecule has 1 amide bonds. The van der Waals surface area contributed by atoms with Crippen molar-refractivity contribution in [2.45, 2.75) is 38.7 Å². The van der Waals surface area contributed by atoms with Gasteiger partial charge in [0, 0.05) is 18.5 Å². The second kappa shape index (κ2) is 6.99. The Balaban J connectivity index is 2.59. The molecule has 18 heavy (non-hydrogen) atoms. The van der Waals surface area contributed by atoms with Crippen molar-refractivity contribution in [3.8, 4) is 0 Å².